The molecule has 4 heteroatoms. The van der Waals surface area contributed by atoms with Crippen LogP contribution in [0.5, 0.6) is 0 Å². The predicted molar refractivity (Wildman–Crippen MR) is 25.1 cm³/mol. The Balaban J connectivity index is 0.000000360. The number of oxazole rings is 1. The topological polar surface area (TPSA) is 46.0 Å². The third kappa shape index (κ3) is 1.88. The van der Waals surface area contributed by atoms with Crippen LogP contribution >= 0.6 is 0 Å². The van der Waals surface area contributed by atoms with Crippen LogP contribution in [0.3, 0.4) is 0 Å². The molecule has 0 aliphatic carbocycles. The molecule has 0 aromatic carbocycles. The van der Waals surface area contributed by atoms with E-state index < -0.39 is 5.76 Å². The Morgan fingerprint density at radius 3 is 2.57 bits per heavy atom. The number of aromatic amines is 1. The zero-order chi connectivity index (χ0) is 4.41. The summed E-state index contributed by atoms with van der Waals surface area (Å²) in [6.07, 6.45) is 2.73. The molecule has 0 fully saturated rings. The standard InChI is InChI=1S/C3H3NO2.Bi/c5-3-4-1-2-6-3;/h1-2H,(H,4,5);. The minimum atomic E-state index is -0.407. The van der Waals surface area contributed by atoms with Crippen molar-refractivity contribution in [2.75, 3.05) is 0 Å². The van der Waals surface area contributed by atoms with Gasteiger partial charge in [-0.3, -0.25) is 4.98 Å². The number of rotatable bonds is 0. The van der Waals surface area contributed by atoms with Gasteiger partial charge >= 0.3 is 5.76 Å². The van der Waals surface area contributed by atoms with Crippen molar-refractivity contribution in [3.05, 3.63) is 23.0 Å². The van der Waals surface area contributed by atoms with Gasteiger partial charge in [0.2, 0.25) is 0 Å². The van der Waals surface area contributed by atoms with Gasteiger partial charge in [0.05, 0.1) is 0 Å². The minimum absolute atomic E-state index is 0. The van der Waals surface area contributed by atoms with Crippen molar-refractivity contribution < 1.29 is 4.42 Å². The van der Waals surface area contributed by atoms with Gasteiger partial charge in [-0.25, -0.2) is 4.79 Å². The molecule has 0 atom stereocenters. The van der Waals surface area contributed by atoms with Gasteiger partial charge in [-0.1, -0.05) is 0 Å². The number of nitrogens with one attached hydrogen (secondary N) is 1. The summed E-state index contributed by atoms with van der Waals surface area (Å²) in [5.41, 5.74) is 0. The van der Waals surface area contributed by atoms with E-state index in [9.17, 15) is 4.79 Å². The first-order chi connectivity index (χ1) is 2.89. The summed E-state index contributed by atoms with van der Waals surface area (Å²) < 4.78 is 4.22. The number of aromatic nitrogens is 1. The smallest absolute Gasteiger partial charge is 0.416 e. The van der Waals surface area contributed by atoms with E-state index in [0.29, 0.717) is 0 Å². The molecule has 1 aromatic heterocycles. The molecule has 1 N–H and O–H groups in total. The van der Waals surface area contributed by atoms with E-state index in [2.05, 4.69) is 9.40 Å². The van der Waals surface area contributed by atoms with Gasteiger partial charge in [-0.15, -0.1) is 0 Å². The monoisotopic (exact) mass is 294 g/mol. The first-order valence-electron chi connectivity index (χ1n) is 1.52. The van der Waals surface area contributed by atoms with Crippen LogP contribution in [0.25, 0.3) is 0 Å². The van der Waals surface area contributed by atoms with E-state index in [1.807, 2.05) is 0 Å². The Bertz CT molecular complexity index is 151. The van der Waals surface area contributed by atoms with Crippen LogP contribution in [-0.2, 0) is 0 Å². The summed E-state index contributed by atoms with van der Waals surface area (Å²) in [7, 11) is 0. The minimum Gasteiger partial charge on any atom is -0.417 e. The molecular formula is C3H3BiNO2. The van der Waals surface area contributed by atoms with Crippen LogP contribution in [0.4, 0.5) is 0 Å². The zero-order valence-corrected chi connectivity index (χ0v) is 6.90. The number of hydrogen-bond donors (Lipinski definition) is 1. The van der Waals surface area contributed by atoms with Gasteiger partial charge in [0, 0.05) is 32.4 Å². The Kier molecular flexibility index (Phi) is 2.92. The fourth-order valence-electron chi connectivity index (χ4n) is 0.232. The first kappa shape index (κ1) is 6.89. The summed E-state index contributed by atoms with van der Waals surface area (Å²) >= 11 is 0. The van der Waals surface area contributed by atoms with Gasteiger partial charge in [-0.2, -0.15) is 0 Å². The molecular weight excluding hydrogens is 291 g/mol. The van der Waals surface area contributed by atoms with Crippen molar-refractivity contribution in [1.82, 2.24) is 4.98 Å². The molecule has 3 nitrogen and oxygen atoms in total. The summed E-state index contributed by atoms with van der Waals surface area (Å²) in [6.45, 7) is 0. The second kappa shape index (κ2) is 2.97. The third-order valence-electron chi connectivity index (χ3n) is 0.444. The fourth-order valence-corrected chi connectivity index (χ4v) is 0.232. The second-order valence-electron chi connectivity index (χ2n) is 0.852. The first-order valence-corrected chi connectivity index (χ1v) is 1.52. The molecule has 0 saturated carbocycles. The molecule has 1 aromatic rings. The zero-order valence-electron chi connectivity index (χ0n) is 3.42. The van der Waals surface area contributed by atoms with E-state index in [1.54, 1.807) is 0 Å². The normalized spacial score (nSPS) is 7.43. The molecule has 7 heavy (non-hydrogen) atoms. The Hall–Kier alpha value is -0.107. The van der Waals surface area contributed by atoms with Crippen molar-refractivity contribution in [3.8, 4) is 0 Å². The molecule has 0 amide bonds. The number of hydrogen-bond acceptors (Lipinski definition) is 2. The summed E-state index contributed by atoms with van der Waals surface area (Å²) in [5.74, 6) is -0.407. The average molecular weight is 294 g/mol. The molecule has 0 saturated heterocycles. The van der Waals surface area contributed by atoms with Crippen molar-refractivity contribution in [2.24, 2.45) is 0 Å². The molecule has 0 unspecified atom stereocenters. The molecule has 0 aliphatic rings. The SMILES string of the molecule is O=c1[nH]cco1.[Bi]. The van der Waals surface area contributed by atoms with Crippen molar-refractivity contribution in [1.29, 1.82) is 0 Å². The third-order valence-corrected chi connectivity index (χ3v) is 0.444. The molecule has 37 valence electrons. The molecule has 0 bridgehead atoms. The van der Waals surface area contributed by atoms with E-state index in [0.717, 1.165) is 0 Å². The van der Waals surface area contributed by atoms with Gasteiger partial charge in [-0.05, 0) is 0 Å². The van der Waals surface area contributed by atoms with Crippen LogP contribution in [0.15, 0.2) is 21.7 Å². The molecule has 1 heterocycles. The maximum Gasteiger partial charge on any atom is 0.416 e. The maximum atomic E-state index is 9.85. The van der Waals surface area contributed by atoms with Crippen LogP contribution in [0.1, 0.15) is 0 Å². The average Bonchev–Trinajstić information content (AvgIpc) is 1.86. The van der Waals surface area contributed by atoms with Crippen molar-refractivity contribution in [3.63, 3.8) is 0 Å². The van der Waals surface area contributed by atoms with Crippen LogP contribution in [0, 0.1) is 0 Å². The van der Waals surface area contributed by atoms with E-state index >= 15 is 0 Å². The summed E-state index contributed by atoms with van der Waals surface area (Å²) in [4.78, 5) is 12.1. The van der Waals surface area contributed by atoms with E-state index in [-0.39, 0.29) is 26.2 Å². The van der Waals surface area contributed by atoms with Crippen LogP contribution < -0.4 is 5.76 Å². The van der Waals surface area contributed by atoms with Crippen LogP contribution in [-0.4, -0.2) is 31.2 Å². The summed E-state index contributed by atoms with van der Waals surface area (Å²) in [6, 6.07) is 0. The van der Waals surface area contributed by atoms with E-state index in [1.165, 1.54) is 12.5 Å². The Morgan fingerprint density at radius 2 is 2.43 bits per heavy atom. The fraction of sp³-hybridized carbons (Fsp3) is 0. The van der Waals surface area contributed by atoms with Gasteiger partial charge < -0.3 is 4.42 Å². The predicted octanol–water partition coefficient (Wildman–Crippen LogP) is -0.413. The van der Waals surface area contributed by atoms with Gasteiger partial charge in [0.15, 0.2) is 0 Å². The van der Waals surface area contributed by atoms with Crippen molar-refractivity contribution >= 4 is 26.2 Å². The maximum absolute atomic E-state index is 9.85. The van der Waals surface area contributed by atoms with Crippen molar-refractivity contribution in [2.45, 2.75) is 0 Å². The second-order valence-corrected chi connectivity index (χ2v) is 0.852. The molecule has 0 spiro atoms. The largest absolute Gasteiger partial charge is 0.417 e. The van der Waals surface area contributed by atoms with Gasteiger partial charge in [0.1, 0.15) is 6.26 Å². The van der Waals surface area contributed by atoms with Crippen LogP contribution in [0.2, 0.25) is 0 Å². The molecule has 3 radical (unpaired) electrons. The van der Waals surface area contributed by atoms with E-state index in [4.69, 9.17) is 0 Å². The molecule has 0 aliphatic heterocycles. The quantitative estimate of drug-likeness (QED) is 0.661. The Morgan fingerprint density at radius 1 is 1.71 bits per heavy atom. The summed E-state index contributed by atoms with van der Waals surface area (Å²) in [5, 5.41) is 0. The molecule has 1 rings (SSSR count). The Labute approximate surface area is 58.9 Å². The van der Waals surface area contributed by atoms with Gasteiger partial charge in [0.25, 0.3) is 0 Å². The number of H-pyrrole nitrogens is 1.